The summed E-state index contributed by atoms with van der Waals surface area (Å²) in [4.78, 5) is 0. The Bertz CT molecular complexity index is 2970. The molecule has 1 nitrogen and oxygen atoms in total. The van der Waals surface area contributed by atoms with Gasteiger partial charge in [-0.2, -0.15) is 0 Å². The van der Waals surface area contributed by atoms with Gasteiger partial charge in [-0.15, -0.1) is 0 Å². The molecule has 0 aliphatic carbocycles. The standard InChI is InChI=1S/C38H24O/c1-2-10-25(11-3-1)26-18-20-27(21-19-26)37-30-13-4-6-15-32(30)38(33-16-7-5-14-31(33)37)28-22-23-36-34(24-28)29-12-8-9-17-35(29)39-36/h1-24H/i1D,2D,3D,4D,5D,6D,7D,10D,11D,13D,14D,15D,16D,18D,19D,20D,21D. The van der Waals surface area contributed by atoms with E-state index in [0.717, 1.165) is 0 Å². The van der Waals surface area contributed by atoms with Gasteiger partial charge in [-0.05, 0) is 73.1 Å². The van der Waals surface area contributed by atoms with Crippen LogP contribution in [0.1, 0.15) is 23.3 Å². The lowest BCUT2D eigenvalue weighted by molar-refractivity contribution is 0.669. The van der Waals surface area contributed by atoms with Crippen molar-refractivity contribution in [2.75, 3.05) is 0 Å². The van der Waals surface area contributed by atoms with E-state index in [1.807, 2.05) is 6.07 Å². The second-order valence-corrected chi connectivity index (χ2v) is 8.81. The van der Waals surface area contributed by atoms with E-state index in [4.69, 9.17) is 19.5 Å². The smallest absolute Gasteiger partial charge is 0.135 e. The summed E-state index contributed by atoms with van der Waals surface area (Å²) >= 11 is 0. The Kier molecular flexibility index (Phi) is 2.44. The molecule has 1 heterocycles. The molecule has 7 aromatic carbocycles. The van der Waals surface area contributed by atoms with Gasteiger partial charge in [-0.25, -0.2) is 0 Å². The maximum absolute atomic E-state index is 9.27. The number of fused-ring (bicyclic) bond motifs is 5. The van der Waals surface area contributed by atoms with Crippen LogP contribution in [0.2, 0.25) is 0 Å². The zero-order valence-corrected chi connectivity index (χ0v) is 19.9. The fourth-order valence-electron chi connectivity index (χ4n) is 4.98. The van der Waals surface area contributed by atoms with Gasteiger partial charge in [0.05, 0.1) is 23.3 Å². The molecule has 0 saturated carbocycles. The van der Waals surface area contributed by atoms with Crippen LogP contribution in [0.5, 0.6) is 0 Å². The van der Waals surface area contributed by atoms with Crippen LogP contribution in [-0.2, 0) is 0 Å². The predicted molar refractivity (Wildman–Crippen MR) is 165 cm³/mol. The molecule has 0 spiro atoms. The van der Waals surface area contributed by atoms with Gasteiger partial charge in [-0.3, -0.25) is 0 Å². The van der Waals surface area contributed by atoms with Crippen LogP contribution in [0.15, 0.2) is 150 Å². The van der Waals surface area contributed by atoms with Crippen LogP contribution in [0, 0.1) is 0 Å². The van der Waals surface area contributed by atoms with Gasteiger partial charge in [0.15, 0.2) is 0 Å². The summed E-state index contributed by atoms with van der Waals surface area (Å²) < 4.78 is 156. The molecule has 1 heteroatoms. The third-order valence-corrected chi connectivity index (χ3v) is 6.67. The van der Waals surface area contributed by atoms with Crippen molar-refractivity contribution in [3.05, 3.63) is 145 Å². The molecule has 8 rings (SSSR count). The van der Waals surface area contributed by atoms with Gasteiger partial charge in [0, 0.05) is 10.8 Å². The Labute approximate surface area is 250 Å². The van der Waals surface area contributed by atoms with Gasteiger partial charge >= 0.3 is 0 Å². The predicted octanol–water partition coefficient (Wildman–Crippen LogP) is 10.9. The summed E-state index contributed by atoms with van der Waals surface area (Å²) in [5.74, 6) is 0. The van der Waals surface area contributed by atoms with Gasteiger partial charge in [0.2, 0.25) is 0 Å². The first kappa shape index (κ1) is 10.9. The number of hydrogen-bond donors (Lipinski definition) is 0. The van der Waals surface area contributed by atoms with Gasteiger partial charge < -0.3 is 4.42 Å². The molecule has 8 aromatic rings. The molecular formula is C38H24O. The maximum atomic E-state index is 9.27. The van der Waals surface area contributed by atoms with Crippen molar-refractivity contribution in [2.24, 2.45) is 0 Å². The van der Waals surface area contributed by atoms with Gasteiger partial charge in [-0.1, -0.05) is 127 Å². The molecular weight excluding hydrogens is 472 g/mol. The van der Waals surface area contributed by atoms with Crippen LogP contribution >= 0.6 is 0 Å². The molecule has 0 aliphatic rings. The first-order chi connectivity index (χ1) is 26.4. The summed E-state index contributed by atoms with van der Waals surface area (Å²) in [6.45, 7) is 0. The molecule has 0 amide bonds. The lowest BCUT2D eigenvalue weighted by Crippen LogP contribution is -1.91. The van der Waals surface area contributed by atoms with Crippen molar-refractivity contribution >= 4 is 43.5 Å². The summed E-state index contributed by atoms with van der Waals surface area (Å²) in [7, 11) is 0. The van der Waals surface area contributed by atoms with Crippen LogP contribution in [0.4, 0.5) is 0 Å². The highest BCUT2D eigenvalue weighted by molar-refractivity contribution is 6.22. The minimum Gasteiger partial charge on any atom is -0.456 e. The summed E-state index contributed by atoms with van der Waals surface area (Å²) in [5, 5.41) is 0.174. The molecule has 0 saturated heterocycles. The second kappa shape index (κ2) is 8.72. The Morgan fingerprint density at radius 2 is 0.897 bits per heavy atom. The number of hydrogen-bond acceptors (Lipinski definition) is 1. The lowest BCUT2D eigenvalue weighted by atomic mass is 9.85. The van der Waals surface area contributed by atoms with Crippen molar-refractivity contribution in [1.29, 1.82) is 0 Å². The van der Waals surface area contributed by atoms with Gasteiger partial charge in [0.1, 0.15) is 11.2 Å². The highest BCUT2D eigenvalue weighted by Gasteiger charge is 2.17. The normalized spacial score (nSPS) is 17.7. The minimum absolute atomic E-state index is 0.00376. The van der Waals surface area contributed by atoms with Crippen LogP contribution in [0.25, 0.3) is 76.9 Å². The van der Waals surface area contributed by atoms with E-state index >= 15 is 0 Å². The van der Waals surface area contributed by atoms with Crippen molar-refractivity contribution < 1.29 is 27.7 Å². The quantitative estimate of drug-likeness (QED) is 0.214. The van der Waals surface area contributed by atoms with E-state index in [9.17, 15) is 8.22 Å². The van der Waals surface area contributed by atoms with Crippen LogP contribution in [0.3, 0.4) is 0 Å². The molecule has 1 aromatic heterocycles. The van der Waals surface area contributed by atoms with Crippen molar-refractivity contribution in [1.82, 2.24) is 0 Å². The summed E-state index contributed by atoms with van der Waals surface area (Å²) in [6, 6.07) is -0.604. The topological polar surface area (TPSA) is 13.1 Å². The molecule has 0 atom stereocenters. The highest BCUT2D eigenvalue weighted by atomic mass is 16.3. The molecule has 0 fully saturated rings. The van der Waals surface area contributed by atoms with E-state index in [2.05, 4.69) is 0 Å². The average Bonchev–Trinajstić information content (AvgIpc) is 3.56. The fourth-order valence-corrected chi connectivity index (χ4v) is 4.98. The lowest BCUT2D eigenvalue weighted by Gasteiger charge is -2.18. The Hall–Kier alpha value is -5.14. The second-order valence-electron chi connectivity index (χ2n) is 8.81. The average molecular weight is 514 g/mol. The Morgan fingerprint density at radius 1 is 0.385 bits per heavy atom. The zero-order chi connectivity index (χ0) is 40.6. The fraction of sp³-hybridized carbons (Fsp3) is 0. The van der Waals surface area contributed by atoms with Crippen molar-refractivity contribution in [2.45, 2.75) is 0 Å². The van der Waals surface area contributed by atoms with Crippen LogP contribution in [-0.4, -0.2) is 0 Å². The molecule has 0 radical (unpaired) electrons. The summed E-state index contributed by atoms with van der Waals surface area (Å²) in [6.07, 6.45) is 0. The van der Waals surface area contributed by atoms with Crippen LogP contribution < -0.4 is 0 Å². The van der Waals surface area contributed by atoms with E-state index in [1.165, 1.54) is 0 Å². The Balaban J connectivity index is 1.63. The molecule has 0 bridgehead atoms. The molecule has 182 valence electrons. The first-order valence-corrected chi connectivity index (χ1v) is 12.0. The maximum Gasteiger partial charge on any atom is 0.135 e. The minimum atomic E-state index is -0.858. The van der Waals surface area contributed by atoms with Gasteiger partial charge in [0.25, 0.3) is 0 Å². The third kappa shape index (κ3) is 3.48. The SMILES string of the molecule is [2H]c1c([2H])c([2H])c(-c2c([2H])c([2H])c(-c3c4c([2H])c([2H])c([2H])c([2H])c4c(-c4ccc5oc6ccccc6c5c4)c4c([2H])c([2H])c([2H])c([2H])c34)c([2H])c2[2H])c([2H])c1[2H]. The number of rotatable bonds is 3. The highest BCUT2D eigenvalue weighted by Crippen LogP contribution is 2.44. The van der Waals surface area contributed by atoms with E-state index < -0.39 is 125 Å². The Morgan fingerprint density at radius 3 is 1.56 bits per heavy atom. The van der Waals surface area contributed by atoms with E-state index in [-0.39, 0.29) is 32.7 Å². The monoisotopic (exact) mass is 513 g/mol. The first-order valence-electron chi connectivity index (χ1n) is 20.5. The summed E-state index contributed by atoms with van der Waals surface area (Å²) in [5.41, 5.74) is -0.935. The zero-order valence-electron chi connectivity index (χ0n) is 36.9. The molecule has 39 heavy (non-hydrogen) atoms. The molecule has 0 unspecified atom stereocenters. The van der Waals surface area contributed by atoms with Crippen molar-refractivity contribution in [3.8, 4) is 33.4 Å². The van der Waals surface area contributed by atoms with Crippen molar-refractivity contribution in [3.63, 3.8) is 0 Å². The molecule has 0 N–H and O–H groups in total. The van der Waals surface area contributed by atoms with E-state index in [1.54, 1.807) is 36.4 Å². The number of furan rings is 1. The largest absolute Gasteiger partial charge is 0.456 e. The van der Waals surface area contributed by atoms with E-state index in [0.29, 0.717) is 21.9 Å². The number of benzene rings is 7. The molecule has 0 aliphatic heterocycles. The third-order valence-electron chi connectivity index (χ3n) is 6.67. The number of para-hydroxylation sites is 1.